The molecule has 102 valence electrons. The molecule has 0 unspecified atom stereocenters. The van der Waals surface area contributed by atoms with E-state index < -0.39 is 0 Å². The smallest absolute Gasteiger partial charge is 0.230 e. The van der Waals surface area contributed by atoms with E-state index >= 15 is 0 Å². The molecule has 0 saturated carbocycles. The first-order valence-electron chi connectivity index (χ1n) is 7.19. The van der Waals surface area contributed by atoms with Gasteiger partial charge in [-0.25, -0.2) is 0 Å². The Labute approximate surface area is 114 Å². The maximum Gasteiger partial charge on any atom is 0.230 e. The highest BCUT2D eigenvalue weighted by molar-refractivity contribution is 5.93. The molecule has 2 heterocycles. The summed E-state index contributed by atoms with van der Waals surface area (Å²) < 4.78 is 0. The van der Waals surface area contributed by atoms with E-state index in [4.69, 9.17) is 0 Å². The van der Waals surface area contributed by atoms with Gasteiger partial charge >= 0.3 is 0 Å². The summed E-state index contributed by atoms with van der Waals surface area (Å²) in [6.45, 7) is 3.91. The summed E-state index contributed by atoms with van der Waals surface area (Å²) >= 11 is 0. The zero-order valence-electron chi connectivity index (χ0n) is 11.2. The van der Waals surface area contributed by atoms with Crippen LogP contribution in [0.25, 0.3) is 0 Å². The maximum atomic E-state index is 11.8. The van der Waals surface area contributed by atoms with Gasteiger partial charge in [0.15, 0.2) is 0 Å². The minimum atomic E-state index is 0.129. The topological polar surface area (TPSA) is 44.4 Å². The first-order chi connectivity index (χ1) is 9.33. The Balaban J connectivity index is 1.59. The van der Waals surface area contributed by atoms with Gasteiger partial charge in [-0.05, 0) is 43.5 Å². The van der Waals surface area contributed by atoms with E-state index in [9.17, 15) is 4.79 Å². The van der Waals surface area contributed by atoms with Crippen molar-refractivity contribution in [1.29, 1.82) is 0 Å². The molecule has 1 aromatic carbocycles. The molecule has 2 saturated heterocycles. The van der Waals surface area contributed by atoms with Crippen LogP contribution >= 0.6 is 0 Å². The zero-order valence-corrected chi connectivity index (χ0v) is 11.2. The number of hydrogen-bond donors (Lipinski definition) is 2. The first kappa shape index (κ1) is 12.5. The van der Waals surface area contributed by atoms with Gasteiger partial charge in [0, 0.05) is 37.6 Å². The van der Waals surface area contributed by atoms with Gasteiger partial charge in [-0.3, -0.25) is 4.79 Å². The zero-order chi connectivity index (χ0) is 13.1. The minimum Gasteiger partial charge on any atom is -0.372 e. The van der Waals surface area contributed by atoms with E-state index in [0.29, 0.717) is 0 Å². The molecule has 1 amide bonds. The minimum absolute atomic E-state index is 0.129. The van der Waals surface area contributed by atoms with Gasteiger partial charge in [-0.15, -0.1) is 0 Å². The number of anilines is 2. The van der Waals surface area contributed by atoms with Crippen molar-refractivity contribution < 1.29 is 4.79 Å². The SMILES string of the molecule is O=C(Nc1ccc(N2CCCCC2)cc1)C1CNC1. The first-order valence-corrected chi connectivity index (χ1v) is 7.19. The molecule has 19 heavy (non-hydrogen) atoms. The van der Waals surface area contributed by atoms with E-state index in [0.717, 1.165) is 31.9 Å². The predicted molar refractivity (Wildman–Crippen MR) is 77.5 cm³/mol. The van der Waals surface area contributed by atoms with Gasteiger partial charge < -0.3 is 15.5 Å². The van der Waals surface area contributed by atoms with Gasteiger partial charge in [0.05, 0.1) is 5.92 Å². The van der Waals surface area contributed by atoms with Gasteiger partial charge in [0.2, 0.25) is 5.91 Å². The molecule has 3 rings (SSSR count). The van der Waals surface area contributed by atoms with E-state index in [2.05, 4.69) is 27.7 Å². The predicted octanol–water partition coefficient (Wildman–Crippen LogP) is 1.83. The highest BCUT2D eigenvalue weighted by Gasteiger charge is 2.24. The fraction of sp³-hybridized carbons (Fsp3) is 0.533. The molecule has 0 bridgehead atoms. The summed E-state index contributed by atoms with van der Waals surface area (Å²) in [4.78, 5) is 14.2. The third kappa shape index (κ3) is 2.89. The molecule has 0 atom stereocenters. The molecule has 4 heteroatoms. The van der Waals surface area contributed by atoms with Crippen molar-refractivity contribution in [3.8, 4) is 0 Å². The molecular formula is C15H21N3O. The second-order valence-corrected chi connectivity index (χ2v) is 5.44. The Morgan fingerprint density at radius 2 is 1.79 bits per heavy atom. The van der Waals surface area contributed by atoms with E-state index in [1.807, 2.05) is 12.1 Å². The Bertz CT molecular complexity index is 433. The van der Waals surface area contributed by atoms with Crippen LogP contribution < -0.4 is 15.5 Å². The molecule has 2 fully saturated rings. The van der Waals surface area contributed by atoms with Crippen molar-refractivity contribution in [2.24, 2.45) is 5.92 Å². The Morgan fingerprint density at radius 3 is 2.37 bits per heavy atom. The normalized spacial score (nSPS) is 19.9. The van der Waals surface area contributed by atoms with Gasteiger partial charge in [-0.2, -0.15) is 0 Å². The number of carbonyl (C=O) groups is 1. The van der Waals surface area contributed by atoms with Crippen molar-refractivity contribution in [2.75, 3.05) is 36.4 Å². The number of rotatable bonds is 3. The van der Waals surface area contributed by atoms with Crippen LogP contribution in [0.1, 0.15) is 19.3 Å². The summed E-state index contributed by atoms with van der Waals surface area (Å²) in [7, 11) is 0. The molecule has 2 aliphatic heterocycles. The molecule has 4 nitrogen and oxygen atoms in total. The number of hydrogen-bond acceptors (Lipinski definition) is 3. The number of nitrogens with zero attached hydrogens (tertiary/aromatic N) is 1. The lowest BCUT2D eigenvalue weighted by Crippen LogP contribution is -2.48. The quantitative estimate of drug-likeness (QED) is 0.870. The summed E-state index contributed by atoms with van der Waals surface area (Å²) in [6.07, 6.45) is 3.92. The molecule has 0 spiro atoms. The van der Waals surface area contributed by atoms with Crippen LogP contribution in [0, 0.1) is 5.92 Å². The largest absolute Gasteiger partial charge is 0.372 e. The van der Waals surface area contributed by atoms with Crippen LogP contribution in [0.2, 0.25) is 0 Å². The van der Waals surface area contributed by atoms with Crippen molar-refractivity contribution in [3.05, 3.63) is 24.3 Å². The summed E-state index contributed by atoms with van der Waals surface area (Å²) in [5, 5.41) is 6.09. The molecular weight excluding hydrogens is 238 g/mol. The number of carbonyl (C=O) groups excluding carboxylic acids is 1. The van der Waals surface area contributed by atoms with E-state index in [1.54, 1.807) is 0 Å². The molecule has 0 aliphatic carbocycles. The fourth-order valence-electron chi connectivity index (χ4n) is 2.63. The van der Waals surface area contributed by atoms with E-state index in [1.165, 1.54) is 24.9 Å². The Kier molecular flexibility index (Phi) is 3.69. The lowest BCUT2D eigenvalue weighted by atomic mass is 10.0. The standard InChI is InChI=1S/C15H21N3O/c19-15(12-10-16-11-12)17-13-4-6-14(7-5-13)18-8-2-1-3-9-18/h4-7,12,16H,1-3,8-11H2,(H,17,19). The van der Waals surface area contributed by atoms with Crippen molar-refractivity contribution >= 4 is 17.3 Å². The van der Waals surface area contributed by atoms with E-state index in [-0.39, 0.29) is 11.8 Å². The third-order valence-electron chi connectivity index (χ3n) is 4.01. The Hall–Kier alpha value is -1.55. The second kappa shape index (κ2) is 5.61. The number of benzene rings is 1. The van der Waals surface area contributed by atoms with Crippen LogP contribution in [0.4, 0.5) is 11.4 Å². The summed E-state index contributed by atoms with van der Waals surface area (Å²) in [5.41, 5.74) is 2.17. The number of nitrogens with one attached hydrogen (secondary N) is 2. The number of amides is 1. The fourth-order valence-corrected chi connectivity index (χ4v) is 2.63. The molecule has 0 aromatic heterocycles. The molecule has 1 aromatic rings. The van der Waals surface area contributed by atoms with Gasteiger partial charge in [0.25, 0.3) is 0 Å². The molecule has 2 aliphatic rings. The van der Waals surface area contributed by atoms with Crippen LogP contribution in [-0.2, 0) is 4.79 Å². The molecule has 0 radical (unpaired) electrons. The maximum absolute atomic E-state index is 11.8. The van der Waals surface area contributed by atoms with Crippen molar-refractivity contribution in [1.82, 2.24) is 5.32 Å². The lowest BCUT2D eigenvalue weighted by Gasteiger charge is -2.29. The molecule has 2 N–H and O–H groups in total. The van der Waals surface area contributed by atoms with Gasteiger partial charge in [-0.1, -0.05) is 0 Å². The second-order valence-electron chi connectivity index (χ2n) is 5.44. The highest BCUT2D eigenvalue weighted by Crippen LogP contribution is 2.22. The number of piperidine rings is 1. The van der Waals surface area contributed by atoms with Crippen LogP contribution in [0.15, 0.2) is 24.3 Å². The van der Waals surface area contributed by atoms with Crippen LogP contribution in [0.5, 0.6) is 0 Å². The Morgan fingerprint density at radius 1 is 1.11 bits per heavy atom. The highest BCUT2D eigenvalue weighted by atomic mass is 16.2. The van der Waals surface area contributed by atoms with Crippen LogP contribution in [-0.4, -0.2) is 32.1 Å². The van der Waals surface area contributed by atoms with Crippen molar-refractivity contribution in [3.63, 3.8) is 0 Å². The van der Waals surface area contributed by atoms with Gasteiger partial charge in [0.1, 0.15) is 0 Å². The average molecular weight is 259 g/mol. The van der Waals surface area contributed by atoms with Crippen molar-refractivity contribution in [2.45, 2.75) is 19.3 Å². The summed E-state index contributed by atoms with van der Waals surface area (Å²) in [5.74, 6) is 0.270. The monoisotopic (exact) mass is 259 g/mol. The van der Waals surface area contributed by atoms with Crippen LogP contribution in [0.3, 0.4) is 0 Å². The summed E-state index contributed by atoms with van der Waals surface area (Å²) in [6, 6.07) is 8.24. The third-order valence-corrected chi connectivity index (χ3v) is 4.01. The average Bonchev–Trinajstić information content (AvgIpc) is 2.38. The lowest BCUT2D eigenvalue weighted by molar-refractivity contribution is -0.121.